The van der Waals surface area contributed by atoms with E-state index in [-0.39, 0.29) is 17.9 Å². The molecule has 2 heterocycles. The smallest absolute Gasteiger partial charge is 0.247 e. The summed E-state index contributed by atoms with van der Waals surface area (Å²) >= 11 is 0. The highest BCUT2D eigenvalue weighted by Crippen LogP contribution is 2.21. The Balaban J connectivity index is 1.73. The Morgan fingerprint density at radius 1 is 1.35 bits per heavy atom. The molecular formula is C17H20N4O2. The fourth-order valence-electron chi connectivity index (χ4n) is 2.91. The standard InChI is InChI=1S/C17H20N4O2/c1-2-16(22)20-10-4-8-15(20)17(23)19-13-6-3-7-14(12-13)21-11-5-9-18-21/h3,5-7,9,11-12,15H,2,4,8,10H2,1H3,(H,19,23)/t15-/m1/s1. The molecule has 1 N–H and O–H groups in total. The molecule has 0 saturated carbocycles. The molecule has 1 fully saturated rings. The van der Waals surface area contributed by atoms with Crippen LogP contribution < -0.4 is 5.32 Å². The molecule has 0 bridgehead atoms. The summed E-state index contributed by atoms with van der Waals surface area (Å²) < 4.78 is 1.73. The molecule has 2 aromatic rings. The zero-order chi connectivity index (χ0) is 16.2. The van der Waals surface area contributed by atoms with Gasteiger partial charge in [-0.2, -0.15) is 5.10 Å². The van der Waals surface area contributed by atoms with Gasteiger partial charge in [0.05, 0.1) is 5.69 Å². The zero-order valence-electron chi connectivity index (χ0n) is 13.1. The van der Waals surface area contributed by atoms with Crippen LogP contribution >= 0.6 is 0 Å². The Morgan fingerprint density at radius 3 is 2.96 bits per heavy atom. The molecule has 1 aromatic heterocycles. The van der Waals surface area contributed by atoms with Crippen molar-refractivity contribution < 1.29 is 9.59 Å². The minimum atomic E-state index is -0.365. The zero-order valence-corrected chi connectivity index (χ0v) is 13.1. The molecule has 0 unspecified atom stereocenters. The molecule has 23 heavy (non-hydrogen) atoms. The normalized spacial score (nSPS) is 17.3. The van der Waals surface area contributed by atoms with Crippen molar-refractivity contribution in [2.75, 3.05) is 11.9 Å². The third kappa shape index (κ3) is 3.26. The number of hydrogen-bond donors (Lipinski definition) is 1. The van der Waals surface area contributed by atoms with Crippen LogP contribution in [0, 0.1) is 0 Å². The second-order valence-corrected chi connectivity index (χ2v) is 5.59. The van der Waals surface area contributed by atoms with Crippen molar-refractivity contribution in [1.82, 2.24) is 14.7 Å². The first-order valence-corrected chi connectivity index (χ1v) is 7.89. The summed E-state index contributed by atoms with van der Waals surface area (Å²) in [6.07, 6.45) is 5.57. The van der Waals surface area contributed by atoms with Gasteiger partial charge in [0.25, 0.3) is 0 Å². The van der Waals surface area contributed by atoms with Crippen LogP contribution in [0.2, 0.25) is 0 Å². The number of anilines is 1. The van der Waals surface area contributed by atoms with Gasteiger partial charge in [0, 0.05) is 31.0 Å². The van der Waals surface area contributed by atoms with Crippen molar-refractivity contribution in [3.63, 3.8) is 0 Å². The van der Waals surface area contributed by atoms with Crippen molar-refractivity contribution in [2.45, 2.75) is 32.2 Å². The van der Waals surface area contributed by atoms with E-state index in [0.29, 0.717) is 18.7 Å². The quantitative estimate of drug-likeness (QED) is 0.941. The maximum absolute atomic E-state index is 12.5. The topological polar surface area (TPSA) is 67.2 Å². The van der Waals surface area contributed by atoms with Gasteiger partial charge in [-0.1, -0.05) is 13.0 Å². The van der Waals surface area contributed by atoms with Crippen LogP contribution in [-0.4, -0.2) is 39.1 Å². The van der Waals surface area contributed by atoms with Crippen LogP contribution in [0.4, 0.5) is 5.69 Å². The summed E-state index contributed by atoms with van der Waals surface area (Å²) in [5.74, 6) is -0.0881. The van der Waals surface area contributed by atoms with Crippen LogP contribution in [0.3, 0.4) is 0 Å². The Morgan fingerprint density at radius 2 is 2.22 bits per heavy atom. The maximum Gasteiger partial charge on any atom is 0.247 e. The van der Waals surface area contributed by atoms with Crippen LogP contribution in [0.5, 0.6) is 0 Å². The lowest BCUT2D eigenvalue weighted by Gasteiger charge is -2.23. The van der Waals surface area contributed by atoms with E-state index in [0.717, 1.165) is 18.5 Å². The second kappa shape index (κ2) is 6.64. The molecule has 1 aliphatic heterocycles. The van der Waals surface area contributed by atoms with Crippen LogP contribution in [0.25, 0.3) is 5.69 Å². The van der Waals surface area contributed by atoms with E-state index in [2.05, 4.69) is 10.4 Å². The van der Waals surface area contributed by atoms with Gasteiger partial charge in [-0.3, -0.25) is 9.59 Å². The van der Waals surface area contributed by atoms with Gasteiger partial charge in [0.1, 0.15) is 6.04 Å². The average Bonchev–Trinajstić information content (AvgIpc) is 3.25. The number of carbonyl (C=O) groups excluding carboxylic acids is 2. The SMILES string of the molecule is CCC(=O)N1CCC[C@@H]1C(=O)Nc1cccc(-n2cccn2)c1. The first-order chi connectivity index (χ1) is 11.2. The molecule has 6 heteroatoms. The van der Waals surface area contributed by atoms with Gasteiger partial charge in [0.15, 0.2) is 0 Å². The summed E-state index contributed by atoms with van der Waals surface area (Å²) in [5.41, 5.74) is 1.58. The number of nitrogens with zero attached hydrogens (tertiary/aromatic N) is 3. The van der Waals surface area contributed by atoms with E-state index in [1.807, 2.05) is 43.5 Å². The lowest BCUT2D eigenvalue weighted by atomic mass is 10.2. The predicted octanol–water partition coefficient (Wildman–Crippen LogP) is 2.21. The summed E-state index contributed by atoms with van der Waals surface area (Å²) in [6.45, 7) is 2.49. The van der Waals surface area contributed by atoms with E-state index in [4.69, 9.17) is 0 Å². The first kappa shape index (κ1) is 15.3. The highest BCUT2D eigenvalue weighted by atomic mass is 16.2. The number of nitrogens with one attached hydrogen (secondary N) is 1. The van der Waals surface area contributed by atoms with E-state index in [9.17, 15) is 9.59 Å². The number of carbonyl (C=O) groups is 2. The van der Waals surface area contributed by atoms with Gasteiger partial charge in [0.2, 0.25) is 11.8 Å². The number of hydrogen-bond acceptors (Lipinski definition) is 3. The maximum atomic E-state index is 12.5. The lowest BCUT2D eigenvalue weighted by molar-refractivity contribution is -0.136. The van der Waals surface area contributed by atoms with Gasteiger partial charge in [-0.15, -0.1) is 0 Å². The minimum Gasteiger partial charge on any atom is -0.331 e. The molecule has 0 spiro atoms. The van der Waals surface area contributed by atoms with E-state index >= 15 is 0 Å². The molecule has 1 aromatic carbocycles. The number of likely N-dealkylation sites (tertiary alicyclic amines) is 1. The highest BCUT2D eigenvalue weighted by molar-refractivity contribution is 5.97. The molecule has 1 saturated heterocycles. The molecule has 2 amide bonds. The third-order valence-corrected chi connectivity index (χ3v) is 4.06. The number of aromatic nitrogens is 2. The highest BCUT2D eigenvalue weighted by Gasteiger charge is 2.33. The largest absolute Gasteiger partial charge is 0.331 e. The second-order valence-electron chi connectivity index (χ2n) is 5.59. The molecular weight excluding hydrogens is 292 g/mol. The van der Waals surface area contributed by atoms with Gasteiger partial charge < -0.3 is 10.2 Å². The molecule has 0 radical (unpaired) electrons. The summed E-state index contributed by atoms with van der Waals surface area (Å²) in [4.78, 5) is 26.1. The predicted molar refractivity (Wildman–Crippen MR) is 87.2 cm³/mol. The Kier molecular flexibility index (Phi) is 4.41. The number of benzene rings is 1. The van der Waals surface area contributed by atoms with Crippen molar-refractivity contribution in [3.8, 4) is 5.69 Å². The molecule has 3 rings (SSSR count). The Hall–Kier alpha value is -2.63. The molecule has 120 valence electrons. The summed E-state index contributed by atoms with van der Waals surface area (Å²) in [5, 5.41) is 7.10. The number of rotatable bonds is 4. The van der Waals surface area contributed by atoms with Crippen molar-refractivity contribution in [1.29, 1.82) is 0 Å². The molecule has 0 aliphatic carbocycles. The van der Waals surface area contributed by atoms with Crippen LogP contribution in [-0.2, 0) is 9.59 Å². The number of amides is 2. The monoisotopic (exact) mass is 312 g/mol. The molecule has 6 nitrogen and oxygen atoms in total. The fraction of sp³-hybridized carbons (Fsp3) is 0.353. The summed E-state index contributed by atoms with van der Waals surface area (Å²) in [6, 6.07) is 8.98. The fourth-order valence-corrected chi connectivity index (χ4v) is 2.91. The lowest BCUT2D eigenvalue weighted by Crippen LogP contribution is -2.42. The van der Waals surface area contributed by atoms with E-state index < -0.39 is 0 Å². The van der Waals surface area contributed by atoms with Crippen molar-refractivity contribution >= 4 is 17.5 Å². The minimum absolute atomic E-state index is 0.0351. The first-order valence-electron chi connectivity index (χ1n) is 7.89. The summed E-state index contributed by atoms with van der Waals surface area (Å²) in [7, 11) is 0. The Bertz CT molecular complexity index is 696. The van der Waals surface area contributed by atoms with Crippen molar-refractivity contribution in [3.05, 3.63) is 42.7 Å². The molecule has 1 aliphatic rings. The Labute approximate surface area is 135 Å². The third-order valence-electron chi connectivity index (χ3n) is 4.06. The van der Waals surface area contributed by atoms with E-state index in [1.54, 1.807) is 15.8 Å². The van der Waals surface area contributed by atoms with Crippen LogP contribution in [0.15, 0.2) is 42.7 Å². The van der Waals surface area contributed by atoms with Crippen molar-refractivity contribution in [2.24, 2.45) is 0 Å². The molecule has 1 atom stereocenters. The van der Waals surface area contributed by atoms with Gasteiger partial charge in [-0.25, -0.2) is 4.68 Å². The van der Waals surface area contributed by atoms with Gasteiger partial charge in [-0.05, 0) is 37.1 Å². The van der Waals surface area contributed by atoms with Gasteiger partial charge >= 0.3 is 0 Å². The van der Waals surface area contributed by atoms with Crippen LogP contribution in [0.1, 0.15) is 26.2 Å². The average molecular weight is 312 g/mol. The van der Waals surface area contributed by atoms with E-state index in [1.165, 1.54) is 0 Å².